The predicted molar refractivity (Wildman–Crippen MR) is 68.0 cm³/mol. The topological polar surface area (TPSA) is 52.0 Å². The molecule has 0 radical (unpaired) electrons. The molecule has 2 unspecified atom stereocenters. The lowest BCUT2D eigenvalue weighted by Crippen LogP contribution is -2.27. The van der Waals surface area contributed by atoms with Crippen molar-refractivity contribution in [2.45, 2.75) is 24.3 Å². The summed E-state index contributed by atoms with van der Waals surface area (Å²) in [4.78, 5) is 1.27. The van der Waals surface area contributed by atoms with Crippen molar-refractivity contribution in [2.24, 2.45) is 17.4 Å². The summed E-state index contributed by atoms with van der Waals surface area (Å²) in [6, 6.07) is 8.51. The van der Waals surface area contributed by atoms with E-state index >= 15 is 0 Å². The Kier molecular flexibility index (Phi) is 5.15. The van der Waals surface area contributed by atoms with Gasteiger partial charge in [0.25, 0.3) is 0 Å². The maximum atomic E-state index is 6.17. The van der Waals surface area contributed by atoms with Crippen LogP contribution in [0.5, 0.6) is 0 Å². The minimum atomic E-state index is 0.0657. The Morgan fingerprint density at radius 1 is 1.27 bits per heavy atom. The van der Waals surface area contributed by atoms with E-state index in [4.69, 9.17) is 11.5 Å². The minimum Gasteiger partial charge on any atom is -0.330 e. The molecule has 4 N–H and O–H groups in total. The minimum absolute atomic E-state index is 0.0657. The molecular weight excluding hydrogens is 204 g/mol. The first-order chi connectivity index (χ1) is 7.22. The molecule has 3 heteroatoms. The van der Waals surface area contributed by atoms with Crippen LogP contribution in [0, 0.1) is 5.92 Å². The molecule has 84 valence electrons. The molecule has 2 atom stereocenters. The standard InChI is InChI=1S/C12H20N2S/c1-3-9(8-13)12(14)10-4-6-11(15-2)7-5-10/h4-7,9,12H,3,8,13-14H2,1-2H3. The monoisotopic (exact) mass is 224 g/mol. The Balaban J connectivity index is 2.76. The van der Waals surface area contributed by atoms with Gasteiger partial charge in [-0.25, -0.2) is 0 Å². The van der Waals surface area contributed by atoms with Crippen molar-refractivity contribution in [1.29, 1.82) is 0 Å². The van der Waals surface area contributed by atoms with Crippen LogP contribution in [0.25, 0.3) is 0 Å². The normalized spacial score (nSPS) is 14.9. The molecule has 1 aromatic rings. The smallest absolute Gasteiger partial charge is 0.0335 e. The molecule has 0 aliphatic rings. The van der Waals surface area contributed by atoms with Gasteiger partial charge in [-0.1, -0.05) is 25.5 Å². The van der Waals surface area contributed by atoms with E-state index in [-0.39, 0.29) is 6.04 Å². The second-order valence-corrected chi connectivity index (χ2v) is 4.58. The summed E-state index contributed by atoms with van der Waals surface area (Å²) in [7, 11) is 0. The largest absolute Gasteiger partial charge is 0.330 e. The Morgan fingerprint density at radius 3 is 2.27 bits per heavy atom. The average molecular weight is 224 g/mol. The number of benzene rings is 1. The van der Waals surface area contributed by atoms with Crippen molar-refractivity contribution in [3.05, 3.63) is 29.8 Å². The highest BCUT2D eigenvalue weighted by Crippen LogP contribution is 2.23. The zero-order valence-corrected chi connectivity index (χ0v) is 10.3. The molecule has 0 saturated heterocycles. The van der Waals surface area contributed by atoms with E-state index < -0.39 is 0 Å². The first-order valence-corrected chi connectivity index (χ1v) is 6.55. The van der Waals surface area contributed by atoms with Gasteiger partial charge in [0.1, 0.15) is 0 Å². The van der Waals surface area contributed by atoms with E-state index in [1.807, 2.05) is 0 Å². The number of nitrogens with two attached hydrogens (primary N) is 2. The van der Waals surface area contributed by atoms with Gasteiger partial charge in [-0.3, -0.25) is 0 Å². The van der Waals surface area contributed by atoms with Crippen LogP contribution in [0.2, 0.25) is 0 Å². The molecule has 0 heterocycles. The van der Waals surface area contributed by atoms with Crippen LogP contribution < -0.4 is 11.5 Å². The molecule has 0 aromatic heterocycles. The first kappa shape index (κ1) is 12.6. The van der Waals surface area contributed by atoms with Crippen LogP contribution in [0.1, 0.15) is 24.9 Å². The van der Waals surface area contributed by atoms with Crippen LogP contribution in [0.15, 0.2) is 29.2 Å². The van der Waals surface area contributed by atoms with E-state index in [9.17, 15) is 0 Å². The Labute approximate surface area is 96.4 Å². The number of hydrogen-bond donors (Lipinski definition) is 2. The Morgan fingerprint density at radius 2 is 1.87 bits per heavy atom. The third-order valence-corrected chi connectivity index (χ3v) is 3.58. The molecule has 0 saturated carbocycles. The number of hydrogen-bond acceptors (Lipinski definition) is 3. The third-order valence-electron chi connectivity index (χ3n) is 2.84. The maximum absolute atomic E-state index is 6.17. The van der Waals surface area contributed by atoms with E-state index in [2.05, 4.69) is 37.4 Å². The highest BCUT2D eigenvalue weighted by atomic mass is 32.2. The van der Waals surface area contributed by atoms with Crippen LogP contribution in [-0.2, 0) is 0 Å². The van der Waals surface area contributed by atoms with Crippen LogP contribution in [0.3, 0.4) is 0 Å². The summed E-state index contributed by atoms with van der Waals surface area (Å²) in [5, 5.41) is 0. The summed E-state index contributed by atoms with van der Waals surface area (Å²) in [5.41, 5.74) is 13.0. The van der Waals surface area contributed by atoms with Gasteiger partial charge in [-0.05, 0) is 36.4 Å². The average Bonchev–Trinajstić information content (AvgIpc) is 2.30. The van der Waals surface area contributed by atoms with Crippen molar-refractivity contribution in [1.82, 2.24) is 0 Å². The van der Waals surface area contributed by atoms with Crippen molar-refractivity contribution in [3.63, 3.8) is 0 Å². The van der Waals surface area contributed by atoms with Gasteiger partial charge in [0.15, 0.2) is 0 Å². The van der Waals surface area contributed by atoms with Gasteiger partial charge in [-0.15, -0.1) is 11.8 Å². The first-order valence-electron chi connectivity index (χ1n) is 5.32. The SMILES string of the molecule is CCC(CN)C(N)c1ccc(SC)cc1. The molecule has 0 bridgehead atoms. The zero-order valence-electron chi connectivity index (χ0n) is 9.44. The molecule has 0 fully saturated rings. The van der Waals surface area contributed by atoms with Crippen molar-refractivity contribution in [3.8, 4) is 0 Å². The van der Waals surface area contributed by atoms with Gasteiger partial charge in [0.2, 0.25) is 0 Å². The van der Waals surface area contributed by atoms with Gasteiger partial charge in [0.05, 0.1) is 0 Å². The van der Waals surface area contributed by atoms with E-state index in [0.717, 1.165) is 6.42 Å². The summed E-state index contributed by atoms with van der Waals surface area (Å²) in [6.07, 6.45) is 3.10. The lowest BCUT2D eigenvalue weighted by atomic mass is 9.92. The van der Waals surface area contributed by atoms with Gasteiger partial charge in [0, 0.05) is 10.9 Å². The van der Waals surface area contributed by atoms with Crippen LogP contribution in [-0.4, -0.2) is 12.8 Å². The van der Waals surface area contributed by atoms with E-state index in [1.54, 1.807) is 11.8 Å². The fourth-order valence-corrected chi connectivity index (χ4v) is 2.07. The van der Waals surface area contributed by atoms with Crippen molar-refractivity contribution < 1.29 is 0 Å². The fourth-order valence-electron chi connectivity index (χ4n) is 1.67. The molecule has 0 aliphatic heterocycles. The molecule has 1 aromatic carbocycles. The van der Waals surface area contributed by atoms with Crippen molar-refractivity contribution in [2.75, 3.05) is 12.8 Å². The lowest BCUT2D eigenvalue weighted by Gasteiger charge is -2.21. The molecule has 2 nitrogen and oxygen atoms in total. The highest BCUT2D eigenvalue weighted by molar-refractivity contribution is 7.98. The van der Waals surface area contributed by atoms with Gasteiger partial charge >= 0.3 is 0 Å². The van der Waals surface area contributed by atoms with E-state index in [1.165, 1.54) is 10.5 Å². The van der Waals surface area contributed by atoms with Crippen LogP contribution in [0.4, 0.5) is 0 Å². The third kappa shape index (κ3) is 3.23. The van der Waals surface area contributed by atoms with Gasteiger partial charge < -0.3 is 11.5 Å². The Bertz CT molecular complexity index is 280. The molecule has 0 amide bonds. The molecule has 0 spiro atoms. The summed E-state index contributed by atoms with van der Waals surface area (Å²) in [5.74, 6) is 0.380. The molecular formula is C12H20N2S. The Hall–Kier alpha value is -0.510. The summed E-state index contributed by atoms with van der Waals surface area (Å²) < 4.78 is 0. The number of rotatable bonds is 5. The summed E-state index contributed by atoms with van der Waals surface area (Å²) in [6.45, 7) is 2.79. The second-order valence-electron chi connectivity index (χ2n) is 3.70. The fraction of sp³-hybridized carbons (Fsp3) is 0.500. The number of thioether (sulfide) groups is 1. The van der Waals surface area contributed by atoms with Gasteiger partial charge in [-0.2, -0.15) is 0 Å². The predicted octanol–water partition coefficient (Wildman–Crippen LogP) is 2.39. The summed E-state index contributed by atoms with van der Waals surface area (Å²) >= 11 is 1.74. The maximum Gasteiger partial charge on any atom is 0.0335 e. The second kappa shape index (κ2) is 6.16. The lowest BCUT2D eigenvalue weighted by molar-refractivity contribution is 0.428. The molecule has 0 aliphatic carbocycles. The van der Waals surface area contributed by atoms with E-state index in [0.29, 0.717) is 12.5 Å². The zero-order chi connectivity index (χ0) is 11.3. The highest BCUT2D eigenvalue weighted by Gasteiger charge is 2.15. The van der Waals surface area contributed by atoms with Crippen LogP contribution >= 0.6 is 11.8 Å². The molecule has 1 rings (SSSR count). The quantitative estimate of drug-likeness (QED) is 0.755. The van der Waals surface area contributed by atoms with Crippen molar-refractivity contribution >= 4 is 11.8 Å². The molecule has 15 heavy (non-hydrogen) atoms.